The monoisotopic (exact) mass is 365 g/mol. The smallest absolute Gasteiger partial charge is 0.216 e. The van der Waals surface area contributed by atoms with Crippen molar-refractivity contribution in [3.8, 4) is 11.4 Å². The van der Waals surface area contributed by atoms with E-state index in [-0.39, 0.29) is 5.82 Å². The van der Waals surface area contributed by atoms with Gasteiger partial charge in [0, 0.05) is 22.7 Å². The minimum atomic E-state index is -0.377. The lowest BCUT2D eigenvalue weighted by Gasteiger charge is -2.02. The summed E-state index contributed by atoms with van der Waals surface area (Å²) in [6, 6.07) is 12.6. The minimum absolute atomic E-state index is 0.300. The van der Waals surface area contributed by atoms with Crippen LogP contribution in [0.15, 0.2) is 53.8 Å². The van der Waals surface area contributed by atoms with Gasteiger partial charge in [-0.2, -0.15) is 14.9 Å². The number of halogens is 1. The zero-order chi connectivity index (χ0) is 18.1. The molecule has 5 nitrogen and oxygen atoms in total. The van der Waals surface area contributed by atoms with Crippen LogP contribution >= 0.6 is 12.2 Å². The van der Waals surface area contributed by atoms with E-state index in [1.54, 1.807) is 24.4 Å². The molecule has 0 atom stereocenters. The molecule has 0 radical (unpaired) electrons. The van der Waals surface area contributed by atoms with E-state index in [0.717, 1.165) is 22.9 Å². The molecule has 2 aromatic carbocycles. The zero-order valence-electron chi connectivity index (χ0n) is 14.0. The van der Waals surface area contributed by atoms with E-state index in [1.165, 1.54) is 16.3 Å². The maximum atomic E-state index is 14.1. The lowest BCUT2D eigenvalue weighted by atomic mass is 10.1. The Labute approximate surface area is 154 Å². The standard InChI is InChI=1S/C19H16FN5S/c1-2-12-6-5-8-14-13(10-21-17(12)14)11-22-25-18(23-24-19(25)26)15-7-3-4-9-16(15)20/h3-11,21H,2H2,1H3,(H,24,26)/b22-11+. The van der Waals surface area contributed by atoms with Crippen molar-refractivity contribution in [1.82, 2.24) is 19.9 Å². The van der Waals surface area contributed by atoms with E-state index >= 15 is 0 Å². The first-order valence-corrected chi connectivity index (χ1v) is 8.65. The van der Waals surface area contributed by atoms with Gasteiger partial charge in [0.15, 0.2) is 5.82 Å². The molecule has 0 unspecified atom stereocenters. The van der Waals surface area contributed by atoms with Gasteiger partial charge in [0.1, 0.15) is 5.82 Å². The van der Waals surface area contributed by atoms with Crippen molar-refractivity contribution in [2.45, 2.75) is 13.3 Å². The van der Waals surface area contributed by atoms with Crippen molar-refractivity contribution < 1.29 is 4.39 Å². The maximum absolute atomic E-state index is 14.1. The summed E-state index contributed by atoms with van der Waals surface area (Å²) in [6.45, 7) is 2.12. The number of benzene rings is 2. The van der Waals surface area contributed by atoms with Crippen molar-refractivity contribution in [1.29, 1.82) is 0 Å². The van der Waals surface area contributed by atoms with Gasteiger partial charge in [-0.25, -0.2) is 9.49 Å². The maximum Gasteiger partial charge on any atom is 0.216 e. The molecule has 0 bridgehead atoms. The molecule has 4 rings (SSSR count). The quantitative estimate of drug-likeness (QED) is 0.408. The number of hydrogen-bond acceptors (Lipinski definition) is 3. The zero-order valence-corrected chi connectivity index (χ0v) is 14.8. The van der Waals surface area contributed by atoms with Crippen LogP contribution in [-0.2, 0) is 6.42 Å². The molecule has 0 saturated carbocycles. The average molecular weight is 365 g/mol. The van der Waals surface area contributed by atoms with Crippen LogP contribution in [0.1, 0.15) is 18.1 Å². The number of aryl methyl sites for hydroxylation is 1. The van der Waals surface area contributed by atoms with Gasteiger partial charge in [0.2, 0.25) is 4.77 Å². The van der Waals surface area contributed by atoms with Crippen LogP contribution in [0.25, 0.3) is 22.3 Å². The largest absolute Gasteiger partial charge is 0.360 e. The summed E-state index contributed by atoms with van der Waals surface area (Å²) in [6.07, 6.45) is 4.55. The summed E-state index contributed by atoms with van der Waals surface area (Å²) < 4.78 is 15.8. The van der Waals surface area contributed by atoms with E-state index in [0.29, 0.717) is 16.2 Å². The predicted octanol–water partition coefficient (Wildman–Crippen LogP) is 4.67. The molecule has 0 aliphatic rings. The van der Waals surface area contributed by atoms with Crippen LogP contribution in [-0.4, -0.2) is 26.1 Å². The molecule has 0 saturated heterocycles. The lowest BCUT2D eigenvalue weighted by molar-refractivity contribution is 0.628. The molecule has 26 heavy (non-hydrogen) atoms. The Balaban J connectivity index is 1.79. The molecule has 7 heteroatoms. The topological polar surface area (TPSA) is 61.8 Å². The fraction of sp³-hybridized carbons (Fsp3) is 0.105. The third kappa shape index (κ3) is 2.76. The van der Waals surface area contributed by atoms with Gasteiger partial charge in [-0.15, -0.1) is 0 Å². The molecule has 0 amide bonds. The first-order chi connectivity index (χ1) is 12.7. The number of H-pyrrole nitrogens is 2. The van der Waals surface area contributed by atoms with Crippen LogP contribution < -0.4 is 0 Å². The van der Waals surface area contributed by atoms with E-state index in [1.807, 2.05) is 18.3 Å². The Hall–Kier alpha value is -3.06. The average Bonchev–Trinajstić information content (AvgIpc) is 3.24. The SMILES string of the molecule is CCc1cccc2c(/C=N/n3c(-c4ccccc4F)n[nH]c3=S)c[nH]c12. The number of para-hydroxylation sites is 1. The van der Waals surface area contributed by atoms with Gasteiger partial charge < -0.3 is 4.98 Å². The number of nitrogens with one attached hydrogen (secondary N) is 2. The Kier molecular flexibility index (Phi) is 4.22. The Morgan fingerprint density at radius 3 is 2.88 bits per heavy atom. The van der Waals surface area contributed by atoms with Gasteiger partial charge in [-0.3, -0.25) is 0 Å². The summed E-state index contributed by atoms with van der Waals surface area (Å²) in [4.78, 5) is 3.30. The fourth-order valence-corrected chi connectivity index (χ4v) is 3.16. The molecular formula is C19H16FN5S. The molecule has 0 aliphatic carbocycles. The van der Waals surface area contributed by atoms with Crippen molar-refractivity contribution >= 4 is 29.3 Å². The number of hydrogen-bond donors (Lipinski definition) is 2. The van der Waals surface area contributed by atoms with Crippen molar-refractivity contribution in [3.63, 3.8) is 0 Å². The van der Waals surface area contributed by atoms with Gasteiger partial charge in [0.05, 0.1) is 11.8 Å². The Morgan fingerprint density at radius 1 is 1.23 bits per heavy atom. The number of aromatic nitrogens is 4. The van der Waals surface area contributed by atoms with Crippen molar-refractivity contribution in [3.05, 3.63) is 70.4 Å². The Bertz CT molecular complexity index is 1170. The van der Waals surface area contributed by atoms with Crippen molar-refractivity contribution in [2.24, 2.45) is 5.10 Å². The normalized spacial score (nSPS) is 11.6. The molecule has 4 aromatic rings. The van der Waals surface area contributed by atoms with E-state index < -0.39 is 0 Å². The van der Waals surface area contributed by atoms with E-state index in [4.69, 9.17) is 12.2 Å². The van der Waals surface area contributed by atoms with Crippen LogP contribution in [0.5, 0.6) is 0 Å². The summed E-state index contributed by atoms with van der Waals surface area (Å²) in [7, 11) is 0. The van der Waals surface area contributed by atoms with Gasteiger partial charge >= 0.3 is 0 Å². The highest BCUT2D eigenvalue weighted by Crippen LogP contribution is 2.23. The molecule has 2 aromatic heterocycles. The van der Waals surface area contributed by atoms with Crippen molar-refractivity contribution in [2.75, 3.05) is 0 Å². The number of aromatic amines is 2. The lowest BCUT2D eigenvalue weighted by Crippen LogP contribution is -1.96. The number of nitrogens with zero attached hydrogens (tertiary/aromatic N) is 3. The summed E-state index contributed by atoms with van der Waals surface area (Å²) in [5, 5.41) is 12.3. The van der Waals surface area contributed by atoms with Gasteiger partial charge in [0.25, 0.3) is 0 Å². The van der Waals surface area contributed by atoms with Gasteiger partial charge in [-0.05, 0) is 36.3 Å². The van der Waals surface area contributed by atoms with E-state index in [2.05, 4.69) is 33.3 Å². The fourth-order valence-electron chi connectivity index (χ4n) is 2.98. The second-order valence-electron chi connectivity index (χ2n) is 5.83. The summed E-state index contributed by atoms with van der Waals surface area (Å²) in [5.41, 5.74) is 3.61. The highest BCUT2D eigenvalue weighted by Gasteiger charge is 2.12. The summed E-state index contributed by atoms with van der Waals surface area (Å²) in [5.74, 6) is -0.0453. The second kappa shape index (κ2) is 6.68. The third-order valence-corrected chi connectivity index (χ3v) is 4.56. The molecule has 0 spiro atoms. The minimum Gasteiger partial charge on any atom is -0.360 e. The molecule has 2 N–H and O–H groups in total. The molecular weight excluding hydrogens is 349 g/mol. The molecule has 130 valence electrons. The van der Waals surface area contributed by atoms with E-state index in [9.17, 15) is 4.39 Å². The molecule has 0 aliphatic heterocycles. The molecule has 0 fully saturated rings. The van der Waals surface area contributed by atoms with Crippen LogP contribution in [0.4, 0.5) is 4.39 Å². The highest BCUT2D eigenvalue weighted by atomic mass is 32.1. The van der Waals surface area contributed by atoms with Gasteiger partial charge in [-0.1, -0.05) is 37.3 Å². The number of fused-ring (bicyclic) bond motifs is 1. The predicted molar refractivity (Wildman–Crippen MR) is 103 cm³/mol. The summed E-state index contributed by atoms with van der Waals surface area (Å²) >= 11 is 5.25. The molecule has 2 heterocycles. The Morgan fingerprint density at radius 2 is 2.08 bits per heavy atom. The number of rotatable bonds is 4. The highest BCUT2D eigenvalue weighted by molar-refractivity contribution is 7.71. The first kappa shape index (κ1) is 16.4. The third-order valence-electron chi connectivity index (χ3n) is 4.29. The first-order valence-electron chi connectivity index (χ1n) is 8.24. The van der Waals surface area contributed by atoms with Crippen LogP contribution in [0.3, 0.4) is 0 Å². The van der Waals surface area contributed by atoms with Crippen LogP contribution in [0, 0.1) is 10.6 Å². The van der Waals surface area contributed by atoms with Crippen LogP contribution in [0.2, 0.25) is 0 Å². The second-order valence-corrected chi connectivity index (χ2v) is 6.21.